The third-order valence-corrected chi connectivity index (χ3v) is 3.38. The number of H-pyrrole nitrogens is 1. The summed E-state index contributed by atoms with van der Waals surface area (Å²) in [6.45, 7) is 2.14. The molecule has 3 rings (SSSR count). The van der Waals surface area contributed by atoms with E-state index in [0.29, 0.717) is 5.82 Å². The SMILES string of the molecule is CCc1ccccc1-c1[nH]nc(N)c1-c1ccccn1. The van der Waals surface area contributed by atoms with Crippen molar-refractivity contribution in [3.8, 4) is 22.5 Å². The predicted molar refractivity (Wildman–Crippen MR) is 81.0 cm³/mol. The maximum absolute atomic E-state index is 6.02. The maximum Gasteiger partial charge on any atom is 0.155 e. The molecule has 0 aliphatic rings. The van der Waals surface area contributed by atoms with Gasteiger partial charge in [0.25, 0.3) is 0 Å². The number of nitrogen functional groups attached to an aromatic ring is 1. The van der Waals surface area contributed by atoms with E-state index in [2.05, 4.69) is 34.2 Å². The minimum absolute atomic E-state index is 0.476. The molecule has 0 saturated carbocycles. The normalized spacial score (nSPS) is 10.7. The Morgan fingerprint density at radius 1 is 1.10 bits per heavy atom. The zero-order valence-corrected chi connectivity index (χ0v) is 11.3. The van der Waals surface area contributed by atoms with Crippen LogP contribution in [0.5, 0.6) is 0 Å². The molecule has 1 aromatic carbocycles. The molecule has 0 bridgehead atoms. The van der Waals surface area contributed by atoms with Gasteiger partial charge in [-0.1, -0.05) is 37.3 Å². The van der Waals surface area contributed by atoms with Gasteiger partial charge in [-0.25, -0.2) is 0 Å². The zero-order chi connectivity index (χ0) is 13.9. The molecule has 3 N–H and O–H groups in total. The molecule has 0 spiro atoms. The number of anilines is 1. The van der Waals surface area contributed by atoms with Gasteiger partial charge < -0.3 is 5.73 Å². The fraction of sp³-hybridized carbons (Fsp3) is 0.125. The van der Waals surface area contributed by atoms with Gasteiger partial charge in [0, 0.05) is 11.8 Å². The molecule has 0 fully saturated rings. The van der Waals surface area contributed by atoms with Crippen molar-refractivity contribution < 1.29 is 0 Å². The number of aromatic amines is 1. The van der Waals surface area contributed by atoms with Crippen molar-refractivity contribution >= 4 is 5.82 Å². The topological polar surface area (TPSA) is 67.6 Å². The quantitative estimate of drug-likeness (QED) is 0.762. The number of hydrogen-bond acceptors (Lipinski definition) is 3. The molecule has 4 nitrogen and oxygen atoms in total. The van der Waals surface area contributed by atoms with Crippen LogP contribution in [-0.2, 0) is 6.42 Å². The monoisotopic (exact) mass is 264 g/mol. The fourth-order valence-corrected chi connectivity index (χ4v) is 2.39. The molecular weight excluding hydrogens is 248 g/mol. The number of rotatable bonds is 3. The number of nitrogens with two attached hydrogens (primary N) is 1. The van der Waals surface area contributed by atoms with Crippen LogP contribution in [0.15, 0.2) is 48.7 Å². The Hall–Kier alpha value is -2.62. The number of aromatic nitrogens is 3. The van der Waals surface area contributed by atoms with Gasteiger partial charge in [-0.2, -0.15) is 5.10 Å². The van der Waals surface area contributed by atoms with Crippen molar-refractivity contribution in [3.05, 3.63) is 54.2 Å². The molecule has 100 valence electrons. The minimum Gasteiger partial charge on any atom is -0.382 e. The highest BCUT2D eigenvalue weighted by Crippen LogP contribution is 2.35. The van der Waals surface area contributed by atoms with Crippen molar-refractivity contribution in [1.29, 1.82) is 0 Å². The van der Waals surface area contributed by atoms with Crippen LogP contribution in [-0.4, -0.2) is 15.2 Å². The van der Waals surface area contributed by atoms with Crippen molar-refractivity contribution in [1.82, 2.24) is 15.2 Å². The van der Waals surface area contributed by atoms with Gasteiger partial charge in [0.1, 0.15) is 0 Å². The van der Waals surface area contributed by atoms with Gasteiger partial charge >= 0.3 is 0 Å². The van der Waals surface area contributed by atoms with Crippen LogP contribution in [0.3, 0.4) is 0 Å². The molecule has 0 aliphatic carbocycles. The number of pyridine rings is 1. The van der Waals surface area contributed by atoms with Crippen molar-refractivity contribution in [2.24, 2.45) is 0 Å². The van der Waals surface area contributed by atoms with E-state index in [-0.39, 0.29) is 0 Å². The highest BCUT2D eigenvalue weighted by atomic mass is 15.2. The number of nitrogens with one attached hydrogen (secondary N) is 1. The zero-order valence-electron chi connectivity index (χ0n) is 11.3. The van der Waals surface area contributed by atoms with Gasteiger partial charge in [-0.05, 0) is 24.1 Å². The average molecular weight is 264 g/mol. The first-order chi connectivity index (χ1) is 9.81. The Balaban J connectivity index is 2.22. The lowest BCUT2D eigenvalue weighted by atomic mass is 9.98. The van der Waals surface area contributed by atoms with Crippen LogP contribution in [0.2, 0.25) is 0 Å². The molecule has 2 aromatic heterocycles. The molecule has 0 atom stereocenters. The van der Waals surface area contributed by atoms with Crippen LogP contribution in [0.1, 0.15) is 12.5 Å². The number of benzene rings is 1. The fourth-order valence-electron chi connectivity index (χ4n) is 2.39. The van der Waals surface area contributed by atoms with E-state index in [4.69, 9.17) is 5.73 Å². The first-order valence-electron chi connectivity index (χ1n) is 6.64. The Kier molecular flexibility index (Phi) is 3.21. The third-order valence-electron chi connectivity index (χ3n) is 3.38. The first kappa shape index (κ1) is 12.4. The Bertz CT molecular complexity index is 716. The molecule has 2 heterocycles. The van der Waals surface area contributed by atoms with Gasteiger partial charge in [0.05, 0.1) is 17.0 Å². The highest BCUT2D eigenvalue weighted by Gasteiger charge is 2.17. The first-order valence-corrected chi connectivity index (χ1v) is 6.64. The summed E-state index contributed by atoms with van der Waals surface area (Å²) in [6, 6.07) is 14.0. The second-order valence-corrected chi connectivity index (χ2v) is 4.58. The molecule has 20 heavy (non-hydrogen) atoms. The molecule has 0 aliphatic heterocycles. The van der Waals surface area contributed by atoms with E-state index in [1.54, 1.807) is 6.20 Å². The van der Waals surface area contributed by atoms with E-state index < -0.39 is 0 Å². The second kappa shape index (κ2) is 5.17. The smallest absolute Gasteiger partial charge is 0.155 e. The molecule has 3 aromatic rings. The van der Waals surface area contributed by atoms with E-state index in [1.807, 2.05) is 30.3 Å². The lowest BCUT2D eigenvalue weighted by Crippen LogP contribution is -1.92. The van der Waals surface area contributed by atoms with Crippen molar-refractivity contribution in [3.63, 3.8) is 0 Å². The summed E-state index contributed by atoms with van der Waals surface area (Å²) in [5.74, 6) is 0.476. The number of nitrogens with zero attached hydrogens (tertiary/aromatic N) is 2. The summed E-state index contributed by atoms with van der Waals surface area (Å²) in [7, 11) is 0. The maximum atomic E-state index is 6.02. The lowest BCUT2D eigenvalue weighted by Gasteiger charge is -2.08. The molecule has 0 radical (unpaired) electrons. The standard InChI is InChI=1S/C16H16N4/c1-2-11-7-3-4-8-12(11)15-14(16(17)20-19-15)13-9-5-6-10-18-13/h3-10H,2H2,1H3,(H3,17,19,20). The minimum atomic E-state index is 0.476. The van der Waals surface area contributed by atoms with E-state index >= 15 is 0 Å². The summed E-state index contributed by atoms with van der Waals surface area (Å²) in [5, 5.41) is 7.21. The summed E-state index contributed by atoms with van der Waals surface area (Å²) >= 11 is 0. The van der Waals surface area contributed by atoms with E-state index in [1.165, 1.54) is 5.56 Å². The van der Waals surface area contributed by atoms with Crippen LogP contribution >= 0.6 is 0 Å². The molecule has 4 heteroatoms. The molecular formula is C16H16N4. The average Bonchev–Trinajstić information content (AvgIpc) is 2.89. The van der Waals surface area contributed by atoms with Crippen LogP contribution in [0.25, 0.3) is 22.5 Å². The lowest BCUT2D eigenvalue weighted by molar-refractivity contribution is 1.09. The summed E-state index contributed by atoms with van der Waals surface area (Å²) < 4.78 is 0. The summed E-state index contributed by atoms with van der Waals surface area (Å²) in [6.07, 6.45) is 2.72. The molecule has 0 unspecified atom stereocenters. The second-order valence-electron chi connectivity index (χ2n) is 4.58. The Labute approximate surface area is 117 Å². The van der Waals surface area contributed by atoms with Crippen LogP contribution in [0, 0.1) is 0 Å². The van der Waals surface area contributed by atoms with Crippen LogP contribution in [0.4, 0.5) is 5.82 Å². The largest absolute Gasteiger partial charge is 0.382 e. The molecule has 0 amide bonds. The van der Waals surface area contributed by atoms with E-state index in [9.17, 15) is 0 Å². The molecule has 0 saturated heterocycles. The summed E-state index contributed by atoms with van der Waals surface area (Å²) in [4.78, 5) is 4.38. The van der Waals surface area contributed by atoms with Gasteiger partial charge in [0.2, 0.25) is 0 Å². The van der Waals surface area contributed by atoms with E-state index in [0.717, 1.165) is 28.9 Å². The summed E-state index contributed by atoms with van der Waals surface area (Å²) in [5.41, 5.74) is 11.0. The Morgan fingerprint density at radius 2 is 1.90 bits per heavy atom. The van der Waals surface area contributed by atoms with Crippen molar-refractivity contribution in [2.75, 3.05) is 5.73 Å². The third kappa shape index (κ3) is 2.05. The van der Waals surface area contributed by atoms with Gasteiger partial charge in [-0.15, -0.1) is 0 Å². The highest BCUT2D eigenvalue weighted by molar-refractivity contribution is 5.87. The number of aryl methyl sites for hydroxylation is 1. The Morgan fingerprint density at radius 3 is 2.65 bits per heavy atom. The predicted octanol–water partition coefficient (Wildman–Crippen LogP) is 3.28. The van der Waals surface area contributed by atoms with Gasteiger partial charge in [0.15, 0.2) is 5.82 Å². The van der Waals surface area contributed by atoms with Gasteiger partial charge in [-0.3, -0.25) is 10.1 Å². The van der Waals surface area contributed by atoms with Crippen molar-refractivity contribution in [2.45, 2.75) is 13.3 Å². The number of hydrogen-bond donors (Lipinski definition) is 2. The van der Waals surface area contributed by atoms with Crippen LogP contribution < -0.4 is 5.73 Å².